The van der Waals surface area contributed by atoms with E-state index in [1.165, 1.54) is 18.5 Å². The first-order chi connectivity index (χ1) is 9.79. The fourth-order valence-corrected chi connectivity index (χ4v) is 2.81. The highest BCUT2D eigenvalue weighted by Crippen LogP contribution is 2.14. The van der Waals surface area contributed by atoms with E-state index in [-0.39, 0.29) is 0 Å². The van der Waals surface area contributed by atoms with E-state index in [0.717, 1.165) is 31.2 Å². The lowest BCUT2D eigenvalue weighted by Gasteiger charge is -2.16. The Kier molecular flexibility index (Phi) is 4.19. The number of nitrogens with one attached hydrogen (secondary N) is 1. The number of benzene rings is 1. The lowest BCUT2D eigenvalue weighted by atomic mass is 10.2. The first-order valence-electron chi connectivity index (χ1n) is 7.34. The van der Waals surface area contributed by atoms with E-state index in [9.17, 15) is 0 Å². The van der Waals surface area contributed by atoms with Gasteiger partial charge >= 0.3 is 0 Å². The van der Waals surface area contributed by atoms with Crippen LogP contribution in [0.4, 0.5) is 0 Å². The van der Waals surface area contributed by atoms with Crippen LogP contribution >= 0.6 is 0 Å². The third-order valence-electron chi connectivity index (χ3n) is 3.88. The molecule has 1 saturated heterocycles. The summed E-state index contributed by atoms with van der Waals surface area (Å²) in [6.07, 6.45) is 1.21. The van der Waals surface area contributed by atoms with E-state index in [1.54, 1.807) is 0 Å². The molecule has 20 heavy (non-hydrogen) atoms. The third-order valence-corrected chi connectivity index (χ3v) is 3.88. The van der Waals surface area contributed by atoms with Crippen molar-refractivity contribution in [1.82, 2.24) is 10.2 Å². The molecule has 1 N–H and O–H groups in total. The summed E-state index contributed by atoms with van der Waals surface area (Å²) in [6.45, 7) is 6.16. The molecule has 1 atom stereocenters. The van der Waals surface area contributed by atoms with Gasteiger partial charge in [0, 0.05) is 25.7 Å². The van der Waals surface area contributed by atoms with Crippen molar-refractivity contribution < 1.29 is 4.42 Å². The van der Waals surface area contributed by atoms with Gasteiger partial charge in [0.25, 0.3) is 0 Å². The van der Waals surface area contributed by atoms with Crippen LogP contribution in [0.1, 0.15) is 23.5 Å². The first kappa shape index (κ1) is 13.4. The Balaban J connectivity index is 1.45. The Hall–Kier alpha value is -1.58. The van der Waals surface area contributed by atoms with Crippen molar-refractivity contribution in [2.24, 2.45) is 0 Å². The molecule has 2 aromatic rings. The predicted molar refractivity (Wildman–Crippen MR) is 80.4 cm³/mol. The molecule has 3 heteroatoms. The van der Waals surface area contributed by atoms with Crippen molar-refractivity contribution in [3.63, 3.8) is 0 Å². The SMILES string of the molecule is Cc1ccc(CNC2CCN(Cc3ccccc3)C2)o1. The van der Waals surface area contributed by atoms with E-state index in [2.05, 4.69) is 46.6 Å². The van der Waals surface area contributed by atoms with Crippen LogP contribution in [-0.2, 0) is 13.1 Å². The van der Waals surface area contributed by atoms with Gasteiger partial charge < -0.3 is 9.73 Å². The highest BCUT2D eigenvalue weighted by atomic mass is 16.3. The van der Waals surface area contributed by atoms with E-state index >= 15 is 0 Å². The normalized spacial score (nSPS) is 19.6. The Morgan fingerprint density at radius 3 is 2.80 bits per heavy atom. The zero-order valence-electron chi connectivity index (χ0n) is 12.0. The Morgan fingerprint density at radius 1 is 1.20 bits per heavy atom. The zero-order chi connectivity index (χ0) is 13.8. The largest absolute Gasteiger partial charge is 0.465 e. The maximum atomic E-state index is 5.59. The second-order valence-electron chi connectivity index (χ2n) is 5.60. The number of hydrogen-bond donors (Lipinski definition) is 1. The molecule has 0 radical (unpaired) electrons. The van der Waals surface area contributed by atoms with Crippen molar-refractivity contribution in [2.45, 2.75) is 32.5 Å². The molecule has 0 saturated carbocycles. The van der Waals surface area contributed by atoms with Gasteiger partial charge in [-0.3, -0.25) is 4.90 Å². The van der Waals surface area contributed by atoms with Gasteiger partial charge in [0.05, 0.1) is 6.54 Å². The monoisotopic (exact) mass is 270 g/mol. The molecule has 1 fully saturated rings. The number of furan rings is 1. The minimum Gasteiger partial charge on any atom is -0.465 e. The minimum atomic E-state index is 0.573. The van der Waals surface area contributed by atoms with Crippen LogP contribution in [0.15, 0.2) is 46.9 Å². The molecule has 1 aromatic carbocycles. The van der Waals surface area contributed by atoms with Gasteiger partial charge in [0.1, 0.15) is 11.5 Å². The summed E-state index contributed by atoms with van der Waals surface area (Å²) in [6, 6.07) is 15.3. The second-order valence-corrected chi connectivity index (χ2v) is 5.60. The Morgan fingerprint density at radius 2 is 2.05 bits per heavy atom. The molecule has 1 aliphatic heterocycles. The van der Waals surface area contributed by atoms with Gasteiger partial charge in [-0.15, -0.1) is 0 Å². The Bertz CT molecular complexity index is 535. The maximum Gasteiger partial charge on any atom is 0.117 e. The van der Waals surface area contributed by atoms with Gasteiger partial charge in [0.15, 0.2) is 0 Å². The third kappa shape index (κ3) is 3.50. The van der Waals surface area contributed by atoms with E-state index in [4.69, 9.17) is 4.42 Å². The lowest BCUT2D eigenvalue weighted by molar-refractivity contribution is 0.318. The summed E-state index contributed by atoms with van der Waals surface area (Å²) in [4.78, 5) is 2.51. The summed E-state index contributed by atoms with van der Waals surface area (Å²) in [7, 11) is 0. The van der Waals surface area contributed by atoms with Crippen LogP contribution in [0.5, 0.6) is 0 Å². The van der Waals surface area contributed by atoms with Crippen molar-refractivity contribution in [1.29, 1.82) is 0 Å². The molecule has 1 aromatic heterocycles. The molecular weight excluding hydrogens is 248 g/mol. The molecule has 3 nitrogen and oxygen atoms in total. The second kappa shape index (κ2) is 6.25. The van der Waals surface area contributed by atoms with Crippen molar-refractivity contribution in [3.8, 4) is 0 Å². The molecule has 2 heterocycles. The molecule has 0 amide bonds. The summed E-state index contributed by atoms with van der Waals surface area (Å²) in [5.41, 5.74) is 1.40. The molecule has 1 aliphatic rings. The van der Waals surface area contributed by atoms with Gasteiger partial charge in [-0.1, -0.05) is 30.3 Å². The standard InChI is InChI=1S/C17H22N2O/c1-14-7-8-17(20-14)11-18-16-9-10-19(13-16)12-15-5-3-2-4-6-15/h2-8,16,18H,9-13H2,1H3. The molecule has 3 rings (SSSR count). The topological polar surface area (TPSA) is 28.4 Å². The van der Waals surface area contributed by atoms with Crippen LogP contribution in [0.3, 0.4) is 0 Å². The molecule has 0 spiro atoms. The minimum absolute atomic E-state index is 0.573. The van der Waals surface area contributed by atoms with Crippen LogP contribution in [0.25, 0.3) is 0 Å². The van der Waals surface area contributed by atoms with Crippen LogP contribution in [0, 0.1) is 6.92 Å². The average molecular weight is 270 g/mol. The zero-order valence-corrected chi connectivity index (χ0v) is 12.0. The van der Waals surface area contributed by atoms with Crippen molar-refractivity contribution in [2.75, 3.05) is 13.1 Å². The molecular formula is C17H22N2O. The summed E-state index contributed by atoms with van der Waals surface area (Å²) >= 11 is 0. The summed E-state index contributed by atoms with van der Waals surface area (Å²) in [5.74, 6) is 2.02. The molecule has 1 unspecified atom stereocenters. The Labute approximate surface area is 120 Å². The highest BCUT2D eigenvalue weighted by Gasteiger charge is 2.22. The van der Waals surface area contributed by atoms with Crippen LogP contribution in [-0.4, -0.2) is 24.0 Å². The fraction of sp³-hybridized carbons (Fsp3) is 0.412. The fourth-order valence-electron chi connectivity index (χ4n) is 2.81. The smallest absolute Gasteiger partial charge is 0.117 e. The number of hydrogen-bond acceptors (Lipinski definition) is 3. The molecule has 106 valence electrons. The van der Waals surface area contributed by atoms with Gasteiger partial charge in [0.2, 0.25) is 0 Å². The van der Waals surface area contributed by atoms with Crippen LogP contribution in [0.2, 0.25) is 0 Å². The number of likely N-dealkylation sites (tertiary alicyclic amines) is 1. The van der Waals surface area contributed by atoms with Crippen LogP contribution < -0.4 is 5.32 Å². The maximum absolute atomic E-state index is 5.59. The van der Waals surface area contributed by atoms with E-state index < -0.39 is 0 Å². The van der Waals surface area contributed by atoms with E-state index in [0.29, 0.717) is 6.04 Å². The number of rotatable bonds is 5. The number of aryl methyl sites for hydroxylation is 1. The van der Waals surface area contributed by atoms with Crippen molar-refractivity contribution in [3.05, 3.63) is 59.5 Å². The first-order valence-corrected chi connectivity index (χ1v) is 7.34. The van der Waals surface area contributed by atoms with Crippen molar-refractivity contribution >= 4 is 0 Å². The molecule has 0 bridgehead atoms. The molecule has 0 aliphatic carbocycles. The number of nitrogens with zero attached hydrogens (tertiary/aromatic N) is 1. The average Bonchev–Trinajstić information content (AvgIpc) is 3.07. The van der Waals surface area contributed by atoms with Gasteiger partial charge in [-0.05, 0) is 31.0 Å². The van der Waals surface area contributed by atoms with Gasteiger partial charge in [-0.2, -0.15) is 0 Å². The summed E-state index contributed by atoms with van der Waals surface area (Å²) < 4.78 is 5.59. The van der Waals surface area contributed by atoms with E-state index in [1.807, 2.05) is 13.0 Å². The quantitative estimate of drug-likeness (QED) is 0.905. The predicted octanol–water partition coefficient (Wildman–Crippen LogP) is 2.95. The van der Waals surface area contributed by atoms with Gasteiger partial charge in [-0.25, -0.2) is 0 Å². The lowest BCUT2D eigenvalue weighted by Crippen LogP contribution is -2.31. The highest BCUT2D eigenvalue weighted by molar-refractivity contribution is 5.14. The summed E-state index contributed by atoms with van der Waals surface area (Å²) in [5, 5.41) is 3.59.